The summed E-state index contributed by atoms with van der Waals surface area (Å²) in [5.41, 5.74) is 18.9. The second kappa shape index (κ2) is 15.8. The van der Waals surface area contributed by atoms with Crippen molar-refractivity contribution in [2.45, 2.75) is 121 Å². The van der Waals surface area contributed by atoms with Crippen molar-refractivity contribution in [3.63, 3.8) is 0 Å². The van der Waals surface area contributed by atoms with Gasteiger partial charge in [0.05, 0.1) is 0 Å². The van der Waals surface area contributed by atoms with Crippen molar-refractivity contribution in [2.75, 3.05) is 0 Å². The summed E-state index contributed by atoms with van der Waals surface area (Å²) < 4.78 is 6.87. The second-order valence-corrected chi connectivity index (χ2v) is 50.2. The monoisotopic (exact) mass is 852 g/mol. The molecule has 0 aliphatic heterocycles. The van der Waals surface area contributed by atoms with Gasteiger partial charge in [0.15, 0.2) is 0 Å². The Morgan fingerprint density at radius 3 is 1.24 bits per heavy atom. The van der Waals surface area contributed by atoms with Gasteiger partial charge in [-0.25, -0.2) is 0 Å². The molecule has 0 nitrogen and oxygen atoms in total. The molecule has 2 saturated carbocycles. The van der Waals surface area contributed by atoms with Crippen molar-refractivity contribution >= 4 is 43.8 Å². The first kappa shape index (κ1) is 41.7. The summed E-state index contributed by atoms with van der Waals surface area (Å²) in [6.45, 7) is 12.2. The van der Waals surface area contributed by atoms with Crippen molar-refractivity contribution in [2.24, 2.45) is 10.8 Å². The van der Waals surface area contributed by atoms with Gasteiger partial charge >= 0.3 is 320 Å². The average molecular weight is 855 g/mol. The fourth-order valence-corrected chi connectivity index (χ4v) is 31.4. The zero-order valence-electron chi connectivity index (χ0n) is 33.9. The van der Waals surface area contributed by atoms with Gasteiger partial charge < -0.3 is 0 Å². The normalized spacial score (nSPS) is 21.5. The number of hydrogen-bond acceptors (Lipinski definition) is 0. The molecule has 4 aromatic carbocycles. The number of benzene rings is 4. The number of allylic oxidation sites excluding steroid dienone is 2. The first-order chi connectivity index (χ1) is 24.8. The third-order valence-electron chi connectivity index (χ3n) is 14.3. The maximum atomic E-state index is 2.89. The van der Waals surface area contributed by atoms with Crippen LogP contribution in [0.1, 0.15) is 132 Å². The zero-order chi connectivity index (χ0) is 36.3. The Kier molecular flexibility index (Phi) is 12.2. The Morgan fingerprint density at radius 2 is 0.889 bits per heavy atom. The predicted molar refractivity (Wildman–Crippen MR) is 241 cm³/mol. The molecule has 0 saturated heterocycles. The molecule has 4 aliphatic rings. The maximum Gasteiger partial charge on any atom is -0.147 e. The molecule has 54 heavy (non-hydrogen) atoms. The molecule has 0 N–H and O–H groups in total. The smallest absolute Gasteiger partial charge is 0.147 e. The Balaban J connectivity index is 0.00000249. The molecule has 4 aromatic rings. The number of hydrogen-bond donors (Lipinski definition) is 0. The van der Waals surface area contributed by atoms with Gasteiger partial charge in [-0.3, -0.25) is 0 Å². The summed E-state index contributed by atoms with van der Waals surface area (Å²) in [5.74, 6) is 0. The van der Waals surface area contributed by atoms with E-state index in [4.69, 9.17) is 0 Å². The van der Waals surface area contributed by atoms with Gasteiger partial charge in [-0.15, -0.1) is 24.8 Å². The summed E-state index contributed by atoms with van der Waals surface area (Å²) in [6.07, 6.45) is 21.9. The van der Waals surface area contributed by atoms with Crippen LogP contribution in [0.15, 0.2) is 96.1 Å². The fourth-order valence-electron chi connectivity index (χ4n) is 11.8. The summed E-state index contributed by atoms with van der Waals surface area (Å²) in [5, 5.41) is 0. The van der Waals surface area contributed by atoms with Gasteiger partial charge in [-0.1, -0.05) is 0 Å². The predicted octanol–water partition coefficient (Wildman–Crippen LogP) is 15.1. The van der Waals surface area contributed by atoms with Crippen LogP contribution in [0.3, 0.4) is 0 Å². The molecule has 0 bridgehead atoms. The van der Waals surface area contributed by atoms with Crippen molar-refractivity contribution < 1.29 is 17.4 Å². The van der Waals surface area contributed by atoms with Crippen LogP contribution in [0, 0.1) is 24.7 Å². The van der Waals surface area contributed by atoms with E-state index in [0.29, 0.717) is 18.1 Å². The first-order valence-electron chi connectivity index (χ1n) is 20.7. The van der Waals surface area contributed by atoms with Crippen LogP contribution in [0.2, 0.25) is 9.26 Å². The van der Waals surface area contributed by atoms with Gasteiger partial charge in [0.2, 0.25) is 0 Å². The number of fused-ring (bicyclic) bond motifs is 2. The molecule has 286 valence electrons. The standard InChI is InChI=1S/2C24H27.2CH3.2ClH.H2Si.Zr/c2*1-18-9-11-20(12-10-18)22-8-6-7-21-15-19(16-23(21)22)17-24(2)13-4-3-5-14-24;;;;;;/h2*6-12,15-16H,3-5,13-14,17H2,1-2H3;2*1H3;2*1H;1H2;. The minimum atomic E-state index is -3.87. The Bertz CT molecular complexity index is 1970. The van der Waals surface area contributed by atoms with E-state index in [1.54, 1.807) is 22.3 Å². The van der Waals surface area contributed by atoms with E-state index in [-0.39, 0.29) is 24.8 Å². The molecular weight excluding hydrogens is 791 g/mol. The molecule has 0 amide bonds. The summed E-state index contributed by atoms with van der Waals surface area (Å²) >= 11 is -3.87. The first-order valence-corrected chi connectivity index (χ1v) is 34.4. The largest absolute Gasteiger partial charge is 0.147 e. The third-order valence-corrected chi connectivity index (χ3v) is 31.8. The van der Waals surface area contributed by atoms with Gasteiger partial charge in [0.25, 0.3) is 0 Å². The molecule has 0 spiro atoms. The summed E-state index contributed by atoms with van der Waals surface area (Å²) in [4.78, 5) is 0. The van der Waals surface area contributed by atoms with Crippen LogP contribution in [0.25, 0.3) is 34.4 Å². The molecule has 0 aromatic heterocycles. The summed E-state index contributed by atoms with van der Waals surface area (Å²) in [7, 11) is 0. The van der Waals surface area contributed by atoms with Crippen LogP contribution in [0.4, 0.5) is 0 Å². The summed E-state index contributed by atoms with van der Waals surface area (Å²) in [6, 6.07) is 33.3. The van der Waals surface area contributed by atoms with Crippen molar-refractivity contribution in [3.05, 3.63) is 129 Å². The van der Waals surface area contributed by atoms with E-state index in [1.165, 1.54) is 122 Å². The quantitative estimate of drug-likeness (QED) is 0.155. The molecule has 2 atom stereocenters. The molecule has 4 aliphatic carbocycles. The van der Waals surface area contributed by atoms with Crippen LogP contribution in [0.5, 0.6) is 0 Å². The third kappa shape index (κ3) is 7.82. The van der Waals surface area contributed by atoms with Crippen molar-refractivity contribution in [1.82, 2.24) is 0 Å². The molecule has 2 unspecified atom stereocenters. The average Bonchev–Trinajstić information content (AvgIpc) is 3.68. The minimum absolute atomic E-state index is 0. The van der Waals surface area contributed by atoms with Crippen LogP contribution in [-0.4, -0.2) is 6.88 Å². The fraction of sp³-hybridized carbons (Fsp3) is 0.440. The van der Waals surface area contributed by atoms with Crippen molar-refractivity contribution in [1.29, 1.82) is 0 Å². The second-order valence-electron chi connectivity index (χ2n) is 19.7. The molecule has 0 heterocycles. The van der Waals surface area contributed by atoms with Crippen molar-refractivity contribution in [3.8, 4) is 22.3 Å². The Labute approximate surface area is 342 Å². The number of halogens is 2. The molecule has 2 fully saturated rings. The van der Waals surface area contributed by atoms with Crippen LogP contribution >= 0.6 is 24.8 Å². The number of rotatable bonds is 8. The van der Waals surface area contributed by atoms with Gasteiger partial charge in [-0.2, -0.15) is 0 Å². The van der Waals surface area contributed by atoms with Crippen LogP contribution < -0.4 is 0 Å². The van der Waals surface area contributed by atoms with E-state index < -0.39 is 17.4 Å². The minimum Gasteiger partial charge on any atom is -0.147 e. The maximum absolute atomic E-state index is 3.87. The molecule has 4 heteroatoms. The van der Waals surface area contributed by atoms with E-state index in [9.17, 15) is 0 Å². The van der Waals surface area contributed by atoms with Gasteiger partial charge in [-0.05, 0) is 0 Å². The van der Waals surface area contributed by atoms with Gasteiger partial charge in [0, 0.05) is 0 Å². The van der Waals surface area contributed by atoms with E-state index in [1.807, 2.05) is 0 Å². The van der Waals surface area contributed by atoms with Crippen LogP contribution in [-0.2, 0) is 17.4 Å². The molecular formula is C50H64Cl2SiZr. The van der Waals surface area contributed by atoms with Gasteiger partial charge in [0.1, 0.15) is 0 Å². The van der Waals surface area contributed by atoms with E-state index in [2.05, 4.69) is 141 Å². The number of aryl methyl sites for hydroxylation is 2. The topological polar surface area (TPSA) is 0 Å². The zero-order valence-corrected chi connectivity index (χ0v) is 39.4. The molecule has 0 radical (unpaired) electrons. The van der Waals surface area contributed by atoms with E-state index >= 15 is 0 Å². The molecule has 8 rings (SSSR count). The Hall–Kier alpha value is -1.96. The van der Waals surface area contributed by atoms with E-state index in [0.717, 1.165) is 0 Å². The SMILES string of the molecule is Cc1ccc(-c2cccc3c2C=C(CC2(C)CCCCC2)[CH]3[Zr]([CH3])([CH3])(=[SiH2])[CH]2C(CC3(C)CCCCC3)=Cc3c(-c4ccc(C)cc4)cccc32)cc1.Cl.Cl. The Morgan fingerprint density at radius 1 is 0.537 bits per heavy atom.